The number of methoxy groups -OCH3 is 1. The third-order valence-corrected chi connectivity index (χ3v) is 3.93. The molecule has 5 nitrogen and oxygen atoms in total. The minimum atomic E-state index is -0.0964. The number of ether oxygens (including phenoxy) is 2. The minimum absolute atomic E-state index is 0.0384. The number of rotatable bonds is 4. The summed E-state index contributed by atoms with van der Waals surface area (Å²) in [6, 6.07) is 7.28. The summed E-state index contributed by atoms with van der Waals surface area (Å²) in [6.45, 7) is 7.82. The second kappa shape index (κ2) is 6.91. The van der Waals surface area contributed by atoms with E-state index in [-0.39, 0.29) is 24.2 Å². The van der Waals surface area contributed by atoms with Gasteiger partial charge in [0.15, 0.2) is 6.04 Å². The van der Waals surface area contributed by atoms with Gasteiger partial charge in [-0.1, -0.05) is 0 Å². The monoisotopic (exact) mass is 293 g/mol. The molecule has 1 aromatic carbocycles. The van der Waals surface area contributed by atoms with Crippen LogP contribution in [0.25, 0.3) is 0 Å². The molecule has 21 heavy (non-hydrogen) atoms. The van der Waals surface area contributed by atoms with E-state index in [0.717, 1.165) is 24.5 Å². The first-order valence-electron chi connectivity index (χ1n) is 7.44. The van der Waals surface area contributed by atoms with E-state index in [1.54, 1.807) is 7.11 Å². The van der Waals surface area contributed by atoms with E-state index in [1.165, 1.54) is 4.90 Å². The van der Waals surface area contributed by atoms with E-state index >= 15 is 0 Å². The number of hydrogen-bond acceptors (Lipinski definition) is 3. The second-order valence-electron chi connectivity index (χ2n) is 5.76. The summed E-state index contributed by atoms with van der Waals surface area (Å²) in [7, 11) is 1.62. The van der Waals surface area contributed by atoms with Crippen molar-refractivity contribution in [2.45, 2.75) is 39.0 Å². The SMILES string of the molecule is COc1ccc(NC(=O)[C@H](C)[NH+]2C[C@H](C)O[C@@H](C)C2)cc1. The van der Waals surface area contributed by atoms with Gasteiger partial charge >= 0.3 is 0 Å². The lowest BCUT2D eigenvalue weighted by atomic mass is 10.1. The van der Waals surface area contributed by atoms with E-state index in [9.17, 15) is 4.79 Å². The summed E-state index contributed by atoms with van der Waals surface area (Å²) in [4.78, 5) is 13.6. The molecule has 1 aliphatic rings. The first-order chi connectivity index (χ1) is 9.99. The van der Waals surface area contributed by atoms with Crippen molar-refractivity contribution in [2.75, 3.05) is 25.5 Å². The highest BCUT2D eigenvalue weighted by Gasteiger charge is 2.32. The maximum atomic E-state index is 12.4. The highest BCUT2D eigenvalue weighted by Crippen LogP contribution is 2.15. The van der Waals surface area contributed by atoms with Crippen molar-refractivity contribution in [1.29, 1.82) is 0 Å². The molecule has 3 atom stereocenters. The van der Waals surface area contributed by atoms with Crippen LogP contribution in [0.15, 0.2) is 24.3 Å². The van der Waals surface area contributed by atoms with Crippen molar-refractivity contribution in [3.63, 3.8) is 0 Å². The summed E-state index contributed by atoms with van der Waals surface area (Å²) < 4.78 is 10.8. The predicted octanol–water partition coefficient (Wildman–Crippen LogP) is 0.714. The number of nitrogens with one attached hydrogen (secondary N) is 2. The Morgan fingerprint density at radius 2 is 1.86 bits per heavy atom. The molecular formula is C16H25N2O3+. The number of morpholine rings is 1. The van der Waals surface area contributed by atoms with Crippen LogP contribution in [0.2, 0.25) is 0 Å². The first kappa shape index (κ1) is 15.8. The van der Waals surface area contributed by atoms with Gasteiger partial charge in [-0.3, -0.25) is 4.79 Å². The summed E-state index contributed by atoms with van der Waals surface area (Å²) in [5.41, 5.74) is 0.793. The standard InChI is InChI=1S/C16H24N2O3/c1-11-9-18(10-12(2)21-11)13(3)16(19)17-14-5-7-15(20-4)8-6-14/h5-8,11-13H,9-10H2,1-4H3,(H,17,19)/p+1/t11-,12-,13-/m0/s1. The highest BCUT2D eigenvalue weighted by molar-refractivity contribution is 5.93. The van der Waals surface area contributed by atoms with Gasteiger partial charge in [0, 0.05) is 5.69 Å². The Labute approximate surface area is 126 Å². The molecule has 1 aromatic rings. The fourth-order valence-corrected chi connectivity index (χ4v) is 2.78. The molecule has 0 aliphatic carbocycles. The molecule has 1 saturated heterocycles. The lowest BCUT2D eigenvalue weighted by Crippen LogP contribution is -3.19. The number of hydrogen-bond donors (Lipinski definition) is 2. The summed E-state index contributed by atoms with van der Waals surface area (Å²) >= 11 is 0. The fraction of sp³-hybridized carbons (Fsp3) is 0.562. The molecular weight excluding hydrogens is 268 g/mol. The molecule has 1 heterocycles. The van der Waals surface area contributed by atoms with Crippen LogP contribution >= 0.6 is 0 Å². The Balaban J connectivity index is 1.95. The summed E-state index contributed by atoms with van der Waals surface area (Å²) in [5.74, 6) is 0.818. The van der Waals surface area contributed by atoms with Gasteiger partial charge in [0.25, 0.3) is 5.91 Å². The summed E-state index contributed by atoms with van der Waals surface area (Å²) in [6.07, 6.45) is 0.389. The van der Waals surface area contributed by atoms with E-state index in [1.807, 2.05) is 31.2 Å². The van der Waals surface area contributed by atoms with Crippen molar-refractivity contribution < 1.29 is 19.2 Å². The second-order valence-corrected chi connectivity index (χ2v) is 5.76. The Kier molecular flexibility index (Phi) is 5.20. The lowest BCUT2D eigenvalue weighted by Gasteiger charge is -2.35. The maximum Gasteiger partial charge on any atom is 0.282 e. The van der Waals surface area contributed by atoms with E-state index in [0.29, 0.717) is 0 Å². The fourth-order valence-electron chi connectivity index (χ4n) is 2.78. The normalized spacial score (nSPS) is 27.0. The third-order valence-electron chi connectivity index (χ3n) is 3.93. The zero-order valence-corrected chi connectivity index (χ0v) is 13.2. The topological polar surface area (TPSA) is 52.0 Å². The molecule has 2 rings (SSSR count). The van der Waals surface area contributed by atoms with Crippen LogP contribution in [0.3, 0.4) is 0 Å². The molecule has 116 valence electrons. The quantitative estimate of drug-likeness (QED) is 0.860. The zero-order valence-electron chi connectivity index (χ0n) is 13.2. The average molecular weight is 293 g/mol. The molecule has 2 N–H and O–H groups in total. The van der Waals surface area contributed by atoms with Gasteiger partial charge < -0.3 is 19.7 Å². The van der Waals surface area contributed by atoms with E-state index < -0.39 is 0 Å². The van der Waals surface area contributed by atoms with Crippen molar-refractivity contribution >= 4 is 11.6 Å². The van der Waals surface area contributed by atoms with Crippen molar-refractivity contribution in [1.82, 2.24) is 0 Å². The van der Waals surface area contributed by atoms with Crippen LogP contribution in [0.4, 0.5) is 5.69 Å². The van der Waals surface area contributed by atoms with Crippen LogP contribution < -0.4 is 15.0 Å². The van der Waals surface area contributed by atoms with Crippen LogP contribution in [-0.2, 0) is 9.53 Å². The number of amides is 1. The van der Waals surface area contributed by atoms with Gasteiger partial charge in [-0.05, 0) is 45.0 Å². The first-order valence-corrected chi connectivity index (χ1v) is 7.44. The molecule has 0 aromatic heterocycles. The lowest BCUT2D eigenvalue weighted by molar-refractivity contribution is -0.928. The molecule has 0 radical (unpaired) electrons. The van der Waals surface area contributed by atoms with Gasteiger partial charge in [-0.2, -0.15) is 0 Å². The van der Waals surface area contributed by atoms with Crippen LogP contribution in [-0.4, -0.2) is 44.4 Å². The van der Waals surface area contributed by atoms with Crippen molar-refractivity contribution in [3.05, 3.63) is 24.3 Å². The Morgan fingerprint density at radius 1 is 1.29 bits per heavy atom. The third kappa shape index (κ3) is 4.19. The van der Waals surface area contributed by atoms with Crippen LogP contribution in [0.1, 0.15) is 20.8 Å². The van der Waals surface area contributed by atoms with E-state index in [4.69, 9.17) is 9.47 Å². The van der Waals surface area contributed by atoms with Gasteiger partial charge in [0.2, 0.25) is 0 Å². The molecule has 0 spiro atoms. The van der Waals surface area contributed by atoms with Crippen molar-refractivity contribution in [2.24, 2.45) is 0 Å². The Bertz CT molecular complexity index is 465. The highest BCUT2D eigenvalue weighted by atomic mass is 16.5. The minimum Gasteiger partial charge on any atom is -0.497 e. The van der Waals surface area contributed by atoms with Gasteiger partial charge in [-0.25, -0.2) is 0 Å². The Hall–Kier alpha value is -1.59. The van der Waals surface area contributed by atoms with Gasteiger partial charge in [0.1, 0.15) is 31.0 Å². The van der Waals surface area contributed by atoms with Crippen LogP contribution in [0, 0.1) is 0 Å². The Morgan fingerprint density at radius 3 is 2.38 bits per heavy atom. The molecule has 1 aliphatic heterocycles. The largest absolute Gasteiger partial charge is 0.497 e. The van der Waals surface area contributed by atoms with Gasteiger partial charge in [-0.15, -0.1) is 0 Å². The number of benzene rings is 1. The number of carbonyl (C=O) groups is 1. The number of quaternary nitrogens is 1. The van der Waals surface area contributed by atoms with Crippen molar-refractivity contribution in [3.8, 4) is 5.75 Å². The maximum absolute atomic E-state index is 12.4. The zero-order chi connectivity index (χ0) is 15.4. The molecule has 0 saturated carbocycles. The molecule has 0 unspecified atom stereocenters. The number of anilines is 1. The molecule has 0 bridgehead atoms. The van der Waals surface area contributed by atoms with Gasteiger partial charge in [0.05, 0.1) is 7.11 Å². The molecule has 1 amide bonds. The smallest absolute Gasteiger partial charge is 0.282 e. The van der Waals surface area contributed by atoms with E-state index in [2.05, 4.69) is 19.2 Å². The van der Waals surface area contributed by atoms with Crippen LogP contribution in [0.5, 0.6) is 5.75 Å². The number of carbonyl (C=O) groups excluding carboxylic acids is 1. The molecule has 1 fully saturated rings. The summed E-state index contributed by atoms with van der Waals surface area (Å²) in [5, 5.41) is 2.96. The molecule has 5 heteroatoms. The predicted molar refractivity (Wildman–Crippen MR) is 81.8 cm³/mol. The average Bonchev–Trinajstić information content (AvgIpc) is 2.46.